The Labute approximate surface area is 142 Å². The zero-order chi connectivity index (χ0) is 16.4. The van der Waals surface area contributed by atoms with E-state index < -0.39 is 0 Å². The minimum Gasteiger partial charge on any atom is -0.356 e. The molecule has 2 aromatic rings. The number of aromatic nitrogens is 4. The van der Waals surface area contributed by atoms with Crippen molar-refractivity contribution in [1.82, 2.24) is 19.9 Å². The van der Waals surface area contributed by atoms with Crippen LogP contribution in [0, 0.1) is 6.92 Å². The fourth-order valence-corrected chi connectivity index (χ4v) is 3.27. The summed E-state index contributed by atoms with van der Waals surface area (Å²) in [5.41, 5.74) is 1.09. The van der Waals surface area contributed by atoms with Crippen LogP contribution in [0.4, 0.5) is 17.7 Å². The molecule has 0 amide bonds. The van der Waals surface area contributed by atoms with E-state index in [0.717, 1.165) is 62.5 Å². The molecular weight excluding hydrogens is 302 g/mol. The highest BCUT2D eigenvalue weighted by atomic mass is 15.4. The fourth-order valence-electron chi connectivity index (χ4n) is 3.27. The Kier molecular flexibility index (Phi) is 4.15. The molecule has 24 heavy (non-hydrogen) atoms. The molecule has 0 radical (unpaired) electrons. The SMILES string of the molecule is Cc1cnc(N2CCN(c3nccc(N4CCCC4)n3)CC2)nc1. The van der Waals surface area contributed by atoms with Crippen LogP contribution in [0.15, 0.2) is 24.7 Å². The van der Waals surface area contributed by atoms with Gasteiger partial charge in [0.25, 0.3) is 0 Å². The summed E-state index contributed by atoms with van der Waals surface area (Å²) in [6, 6.07) is 2.02. The van der Waals surface area contributed by atoms with E-state index in [9.17, 15) is 0 Å². The van der Waals surface area contributed by atoms with Gasteiger partial charge in [-0.05, 0) is 31.4 Å². The van der Waals surface area contributed by atoms with Crippen molar-refractivity contribution < 1.29 is 0 Å². The Hall–Kier alpha value is -2.44. The number of hydrogen-bond acceptors (Lipinski definition) is 7. The van der Waals surface area contributed by atoms with Crippen LogP contribution < -0.4 is 14.7 Å². The molecule has 7 nitrogen and oxygen atoms in total. The molecule has 0 aromatic carbocycles. The largest absolute Gasteiger partial charge is 0.356 e. The summed E-state index contributed by atoms with van der Waals surface area (Å²) < 4.78 is 0. The predicted molar refractivity (Wildman–Crippen MR) is 94.7 cm³/mol. The standard InChI is InChI=1S/C17H23N7/c1-14-12-19-16(20-13-14)23-8-10-24(11-9-23)17-18-5-4-15(21-17)22-6-2-3-7-22/h4-5,12-13H,2-3,6-11H2,1H3. The number of rotatable bonds is 3. The Morgan fingerprint density at radius 3 is 2.04 bits per heavy atom. The van der Waals surface area contributed by atoms with Gasteiger partial charge in [-0.2, -0.15) is 4.98 Å². The highest BCUT2D eigenvalue weighted by Crippen LogP contribution is 2.21. The third-order valence-electron chi connectivity index (χ3n) is 4.67. The van der Waals surface area contributed by atoms with E-state index >= 15 is 0 Å². The first kappa shape index (κ1) is 15.1. The van der Waals surface area contributed by atoms with Gasteiger partial charge in [-0.3, -0.25) is 0 Å². The second-order valence-electron chi connectivity index (χ2n) is 6.44. The van der Waals surface area contributed by atoms with Gasteiger partial charge in [-0.1, -0.05) is 0 Å². The van der Waals surface area contributed by atoms with E-state index in [1.807, 2.05) is 31.6 Å². The minimum absolute atomic E-state index is 0.812. The average Bonchev–Trinajstić information content (AvgIpc) is 3.17. The van der Waals surface area contributed by atoms with E-state index in [1.165, 1.54) is 12.8 Å². The second-order valence-corrected chi connectivity index (χ2v) is 6.44. The van der Waals surface area contributed by atoms with Crippen LogP contribution in [0.1, 0.15) is 18.4 Å². The average molecular weight is 325 g/mol. The Morgan fingerprint density at radius 1 is 0.750 bits per heavy atom. The highest BCUT2D eigenvalue weighted by molar-refractivity contribution is 5.45. The van der Waals surface area contributed by atoms with Crippen LogP contribution in [0.25, 0.3) is 0 Å². The van der Waals surface area contributed by atoms with Crippen LogP contribution in [0.2, 0.25) is 0 Å². The molecule has 0 unspecified atom stereocenters. The topological polar surface area (TPSA) is 61.3 Å². The third kappa shape index (κ3) is 3.11. The molecular formula is C17H23N7. The quantitative estimate of drug-likeness (QED) is 0.847. The lowest BCUT2D eigenvalue weighted by atomic mass is 10.3. The lowest BCUT2D eigenvalue weighted by Gasteiger charge is -2.34. The summed E-state index contributed by atoms with van der Waals surface area (Å²) in [7, 11) is 0. The van der Waals surface area contributed by atoms with Crippen LogP contribution in [0.3, 0.4) is 0 Å². The molecule has 2 aliphatic rings. The van der Waals surface area contributed by atoms with Crippen LogP contribution in [-0.2, 0) is 0 Å². The van der Waals surface area contributed by atoms with Gasteiger partial charge in [-0.25, -0.2) is 15.0 Å². The lowest BCUT2D eigenvalue weighted by Crippen LogP contribution is -2.47. The minimum atomic E-state index is 0.812. The molecule has 126 valence electrons. The molecule has 2 fully saturated rings. The van der Waals surface area contributed by atoms with Crippen LogP contribution in [0.5, 0.6) is 0 Å². The Balaban J connectivity index is 1.42. The lowest BCUT2D eigenvalue weighted by molar-refractivity contribution is 0.627. The molecule has 4 heterocycles. The van der Waals surface area contributed by atoms with E-state index in [0.29, 0.717) is 0 Å². The highest BCUT2D eigenvalue weighted by Gasteiger charge is 2.22. The molecule has 0 saturated carbocycles. The molecule has 0 bridgehead atoms. The van der Waals surface area contributed by atoms with Crippen molar-refractivity contribution in [2.75, 3.05) is 54.0 Å². The van der Waals surface area contributed by atoms with Gasteiger partial charge in [-0.15, -0.1) is 0 Å². The molecule has 0 N–H and O–H groups in total. The molecule has 2 aliphatic heterocycles. The molecule has 0 spiro atoms. The smallest absolute Gasteiger partial charge is 0.227 e. The number of hydrogen-bond donors (Lipinski definition) is 0. The number of piperazine rings is 1. The van der Waals surface area contributed by atoms with Gasteiger partial charge in [0.1, 0.15) is 5.82 Å². The van der Waals surface area contributed by atoms with Crippen molar-refractivity contribution in [2.24, 2.45) is 0 Å². The van der Waals surface area contributed by atoms with Crippen molar-refractivity contribution in [3.05, 3.63) is 30.2 Å². The van der Waals surface area contributed by atoms with Gasteiger partial charge < -0.3 is 14.7 Å². The maximum Gasteiger partial charge on any atom is 0.227 e. The van der Waals surface area contributed by atoms with Crippen molar-refractivity contribution in [3.8, 4) is 0 Å². The van der Waals surface area contributed by atoms with Crippen LogP contribution >= 0.6 is 0 Å². The zero-order valence-corrected chi connectivity index (χ0v) is 14.1. The molecule has 7 heteroatoms. The van der Waals surface area contributed by atoms with Gasteiger partial charge in [0, 0.05) is 57.9 Å². The Bertz CT molecular complexity index is 674. The first-order valence-corrected chi connectivity index (χ1v) is 8.66. The first-order valence-electron chi connectivity index (χ1n) is 8.66. The van der Waals surface area contributed by atoms with Crippen LogP contribution in [-0.4, -0.2) is 59.2 Å². The van der Waals surface area contributed by atoms with E-state index in [2.05, 4.69) is 29.7 Å². The summed E-state index contributed by atoms with van der Waals surface area (Å²) in [4.78, 5) is 24.9. The third-order valence-corrected chi connectivity index (χ3v) is 4.67. The van der Waals surface area contributed by atoms with Gasteiger partial charge in [0.2, 0.25) is 11.9 Å². The number of nitrogens with zero attached hydrogens (tertiary/aromatic N) is 7. The van der Waals surface area contributed by atoms with Gasteiger partial charge in [0.05, 0.1) is 0 Å². The summed E-state index contributed by atoms with van der Waals surface area (Å²) in [6.07, 6.45) is 8.14. The molecule has 2 aromatic heterocycles. The molecule has 4 rings (SSSR count). The van der Waals surface area contributed by atoms with Gasteiger partial charge in [0.15, 0.2) is 0 Å². The summed E-state index contributed by atoms with van der Waals surface area (Å²) in [6.45, 7) is 7.78. The normalized spacial score (nSPS) is 18.3. The molecule has 2 saturated heterocycles. The van der Waals surface area contributed by atoms with E-state index in [4.69, 9.17) is 4.98 Å². The van der Waals surface area contributed by atoms with Crippen molar-refractivity contribution in [1.29, 1.82) is 0 Å². The predicted octanol–water partition coefficient (Wildman–Crippen LogP) is 1.50. The maximum atomic E-state index is 4.78. The molecule has 0 atom stereocenters. The maximum absolute atomic E-state index is 4.78. The van der Waals surface area contributed by atoms with E-state index in [-0.39, 0.29) is 0 Å². The summed E-state index contributed by atoms with van der Waals surface area (Å²) in [5.74, 6) is 2.71. The zero-order valence-electron chi connectivity index (χ0n) is 14.1. The monoisotopic (exact) mass is 325 g/mol. The fraction of sp³-hybridized carbons (Fsp3) is 0.529. The van der Waals surface area contributed by atoms with Crippen molar-refractivity contribution >= 4 is 17.7 Å². The number of aryl methyl sites for hydroxylation is 1. The first-order chi connectivity index (χ1) is 11.8. The number of anilines is 3. The second kappa shape index (κ2) is 6.59. The summed E-state index contributed by atoms with van der Waals surface area (Å²) in [5, 5.41) is 0. The van der Waals surface area contributed by atoms with E-state index in [1.54, 1.807) is 0 Å². The van der Waals surface area contributed by atoms with Crippen molar-refractivity contribution in [3.63, 3.8) is 0 Å². The van der Waals surface area contributed by atoms with Crippen molar-refractivity contribution in [2.45, 2.75) is 19.8 Å². The van der Waals surface area contributed by atoms with Gasteiger partial charge >= 0.3 is 0 Å². The summed E-state index contributed by atoms with van der Waals surface area (Å²) >= 11 is 0. The molecule has 0 aliphatic carbocycles. The Morgan fingerprint density at radius 2 is 1.38 bits per heavy atom.